The third kappa shape index (κ3) is 4.78. The molecule has 1 fully saturated rings. The Labute approximate surface area is 211 Å². The fourth-order valence-corrected chi connectivity index (χ4v) is 4.99. The van der Waals surface area contributed by atoms with Gasteiger partial charge in [0.15, 0.2) is 0 Å². The average Bonchev–Trinajstić information content (AvgIpc) is 3.45. The third-order valence-corrected chi connectivity index (χ3v) is 7.00. The number of aryl methyl sites for hydroxylation is 2. The molecule has 0 bridgehead atoms. The maximum atomic E-state index is 13.5. The molecule has 0 radical (unpaired) electrons. The van der Waals surface area contributed by atoms with E-state index in [1.807, 2.05) is 50.2 Å². The fourth-order valence-electron chi connectivity index (χ4n) is 3.75. The molecule has 0 spiro atoms. The molecule has 5 rings (SSSR count). The first kappa shape index (κ1) is 23.1. The van der Waals surface area contributed by atoms with Gasteiger partial charge >= 0.3 is 0 Å². The van der Waals surface area contributed by atoms with Gasteiger partial charge in [-0.15, -0.1) is 0 Å². The molecule has 1 aromatic carbocycles. The van der Waals surface area contributed by atoms with Crippen LogP contribution in [0.15, 0.2) is 75.1 Å². The van der Waals surface area contributed by atoms with Crippen LogP contribution in [0.25, 0.3) is 11.7 Å². The van der Waals surface area contributed by atoms with Crippen LogP contribution >= 0.6 is 24.0 Å². The van der Waals surface area contributed by atoms with E-state index < -0.39 is 0 Å². The highest BCUT2D eigenvalue weighted by atomic mass is 32.2. The third-order valence-electron chi connectivity index (χ3n) is 5.63. The number of aromatic nitrogens is 2. The van der Waals surface area contributed by atoms with Gasteiger partial charge in [0.25, 0.3) is 11.5 Å². The van der Waals surface area contributed by atoms with E-state index in [1.165, 1.54) is 16.2 Å². The first-order valence-electron chi connectivity index (χ1n) is 11.0. The molecule has 1 saturated heterocycles. The summed E-state index contributed by atoms with van der Waals surface area (Å²) >= 11 is 6.69. The summed E-state index contributed by atoms with van der Waals surface area (Å²) in [6, 6.07) is 15.3. The van der Waals surface area contributed by atoms with E-state index in [0.717, 1.165) is 16.7 Å². The van der Waals surface area contributed by atoms with Crippen molar-refractivity contribution in [2.75, 3.05) is 5.32 Å². The maximum Gasteiger partial charge on any atom is 0.267 e. The van der Waals surface area contributed by atoms with Crippen LogP contribution < -0.4 is 10.9 Å². The molecule has 176 valence electrons. The highest BCUT2D eigenvalue weighted by Gasteiger charge is 2.32. The summed E-state index contributed by atoms with van der Waals surface area (Å²) in [4.78, 5) is 33.4. The molecule has 7 nitrogen and oxygen atoms in total. The van der Waals surface area contributed by atoms with Crippen LogP contribution in [0.4, 0.5) is 5.82 Å². The van der Waals surface area contributed by atoms with Gasteiger partial charge in [0.05, 0.1) is 29.8 Å². The minimum absolute atomic E-state index is 0.230. The van der Waals surface area contributed by atoms with Gasteiger partial charge in [0.1, 0.15) is 21.5 Å². The Balaban J connectivity index is 1.52. The number of fused-ring (bicyclic) bond motifs is 1. The first-order valence-corrected chi connectivity index (χ1v) is 12.2. The molecule has 0 atom stereocenters. The van der Waals surface area contributed by atoms with Gasteiger partial charge in [-0.3, -0.25) is 18.9 Å². The molecular formula is C26H22N4O3S2. The van der Waals surface area contributed by atoms with E-state index in [2.05, 4.69) is 10.3 Å². The Kier molecular flexibility index (Phi) is 6.27. The topological polar surface area (TPSA) is 79.8 Å². The van der Waals surface area contributed by atoms with Crippen molar-refractivity contribution in [1.29, 1.82) is 0 Å². The molecule has 1 amide bonds. The van der Waals surface area contributed by atoms with Crippen molar-refractivity contribution in [3.05, 3.63) is 104 Å². The highest BCUT2D eigenvalue weighted by molar-refractivity contribution is 8.26. The Bertz CT molecular complexity index is 1520. The number of hydrogen-bond acceptors (Lipinski definition) is 7. The Morgan fingerprint density at radius 1 is 1.09 bits per heavy atom. The van der Waals surface area contributed by atoms with Gasteiger partial charge in [-0.05, 0) is 49.2 Å². The van der Waals surface area contributed by atoms with Crippen LogP contribution in [0.2, 0.25) is 0 Å². The van der Waals surface area contributed by atoms with Crippen molar-refractivity contribution in [1.82, 2.24) is 14.3 Å². The predicted molar refractivity (Wildman–Crippen MR) is 142 cm³/mol. The summed E-state index contributed by atoms with van der Waals surface area (Å²) < 4.78 is 7.35. The Hall–Kier alpha value is -3.69. The molecule has 1 aliphatic heterocycles. The first-order chi connectivity index (χ1) is 16.9. The van der Waals surface area contributed by atoms with Crippen molar-refractivity contribution in [3.8, 4) is 0 Å². The zero-order chi connectivity index (χ0) is 24.5. The summed E-state index contributed by atoms with van der Waals surface area (Å²) in [7, 11) is 0. The monoisotopic (exact) mass is 502 g/mol. The lowest BCUT2D eigenvalue weighted by atomic mass is 10.1. The molecular weight excluding hydrogens is 480 g/mol. The number of furan rings is 1. The van der Waals surface area contributed by atoms with Gasteiger partial charge < -0.3 is 9.73 Å². The van der Waals surface area contributed by atoms with Crippen LogP contribution in [-0.2, 0) is 17.9 Å². The van der Waals surface area contributed by atoms with Crippen LogP contribution in [0.3, 0.4) is 0 Å². The lowest BCUT2D eigenvalue weighted by molar-refractivity contribution is -0.122. The second kappa shape index (κ2) is 9.52. The number of rotatable bonds is 6. The van der Waals surface area contributed by atoms with E-state index >= 15 is 0 Å². The Morgan fingerprint density at radius 3 is 2.60 bits per heavy atom. The summed E-state index contributed by atoms with van der Waals surface area (Å²) in [5.41, 5.74) is 3.57. The SMILES string of the molecule is Cc1ccc(CN2C(=O)C(=Cc3c(NCc4ccco4)nc4ccc(C)cn4c3=O)SC2=S)cc1. The molecule has 1 N–H and O–H groups in total. The number of nitrogens with one attached hydrogen (secondary N) is 1. The molecule has 1 aliphatic rings. The smallest absolute Gasteiger partial charge is 0.267 e. The number of hydrogen-bond donors (Lipinski definition) is 1. The van der Waals surface area contributed by atoms with Crippen molar-refractivity contribution >= 4 is 51.7 Å². The molecule has 35 heavy (non-hydrogen) atoms. The predicted octanol–water partition coefficient (Wildman–Crippen LogP) is 4.92. The zero-order valence-electron chi connectivity index (χ0n) is 19.1. The van der Waals surface area contributed by atoms with E-state index in [0.29, 0.717) is 39.5 Å². The molecule has 4 heterocycles. The van der Waals surface area contributed by atoms with Crippen LogP contribution in [0, 0.1) is 13.8 Å². The number of pyridine rings is 1. The van der Waals surface area contributed by atoms with Crippen molar-refractivity contribution in [2.45, 2.75) is 26.9 Å². The molecule has 0 saturated carbocycles. The summed E-state index contributed by atoms with van der Waals surface area (Å²) in [6.07, 6.45) is 4.91. The lowest BCUT2D eigenvalue weighted by Crippen LogP contribution is -2.27. The standard InChI is InChI=1S/C26H22N4O3S2/c1-16-5-8-18(9-6-16)15-30-25(32)21(35-26(30)34)12-20-23(27-13-19-4-3-11-33-19)28-22-10-7-17(2)14-29(22)24(20)31/h3-12,14,27H,13,15H2,1-2H3. The molecule has 4 aromatic rings. The second-order valence-corrected chi connectivity index (χ2v) is 9.98. The van der Waals surface area contributed by atoms with Crippen LogP contribution in [0.5, 0.6) is 0 Å². The number of amides is 1. The summed E-state index contributed by atoms with van der Waals surface area (Å²) in [5, 5.41) is 3.19. The second-order valence-electron chi connectivity index (χ2n) is 8.30. The van der Waals surface area contributed by atoms with Gasteiger partial charge in [0, 0.05) is 6.20 Å². The molecule has 9 heteroatoms. The minimum Gasteiger partial charge on any atom is -0.467 e. The lowest BCUT2D eigenvalue weighted by Gasteiger charge is -2.14. The van der Waals surface area contributed by atoms with E-state index in [4.69, 9.17) is 16.6 Å². The number of carbonyl (C=O) groups is 1. The van der Waals surface area contributed by atoms with E-state index in [9.17, 15) is 9.59 Å². The normalized spacial score (nSPS) is 14.9. The largest absolute Gasteiger partial charge is 0.467 e. The fraction of sp³-hybridized carbons (Fsp3) is 0.154. The number of thioether (sulfide) groups is 1. The van der Waals surface area contributed by atoms with E-state index in [1.54, 1.807) is 35.6 Å². The minimum atomic E-state index is -0.274. The molecule has 3 aromatic heterocycles. The zero-order valence-corrected chi connectivity index (χ0v) is 20.8. The number of thiocarbonyl (C=S) groups is 1. The van der Waals surface area contributed by atoms with Crippen LogP contribution in [0.1, 0.15) is 28.0 Å². The highest BCUT2D eigenvalue weighted by Crippen LogP contribution is 2.34. The summed E-state index contributed by atoms with van der Waals surface area (Å²) in [6.45, 7) is 4.64. The van der Waals surface area contributed by atoms with Crippen LogP contribution in [-0.4, -0.2) is 24.5 Å². The maximum absolute atomic E-state index is 13.5. The average molecular weight is 503 g/mol. The van der Waals surface area contributed by atoms with Crippen molar-refractivity contribution in [2.24, 2.45) is 0 Å². The number of anilines is 1. The van der Waals surface area contributed by atoms with Crippen molar-refractivity contribution < 1.29 is 9.21 Å². The molecule has 0 unspecified atom stereocenters. The number of nitrogens with zero attached hydrogens (tertiary/aromatic N) is 3. The van der Waals surface area contributed by atoms with E-state index in [-0.39, 0.29) is 17.0 Å². The number of carbonyl (C=O) groups excluding carboxylic acids is 1. The van der Waals surface area contributed by atoms with Crippen molar-refractivity contribution in [3.63, 3.8) is 0 Å². The summed E-state index contributed by atoms with van der Waals surface area (Å²) in [5.74, 6) is 0.844. The quantitative estimate of drug-likeness (QED) is 0.296. The van der Waals surface area contributed by atoms with Gasteiger partial charge in [-0.2, -0.15) is 0 Å². The molecule has 0 aliphatic carbocycles. The Morgan fingerprint density at radius 2 is 1.86 bits per heavy atom. The van der Waals surface area contributed by atoms with Gasteiger partial charge in [-0.25, -0.2) is 4.98 Å². The van der Waals surface area contributed by atoms with Gasteiger partial charge in [-0.1, -0.05) is 59.9 Å². The van der Waals surface area contributed by atoms with Gasteiger partial charge in [0.2, 0.25) is 0 Å². The number of benzene rings is 1.